The molecule has 0 radical (unpaired) electrons. The summed E-state index contributed by atoms with van der Waals surface area (Å²) in [6.07, 6.45) is 2.43. The number of rotatable bonds is 8. The molecule has 9 heteroatoms. The van der Waals surface area contributed by atoms with E-state index in [1.807, 2.05) is 13.8 Å². The van der Waals surface area contributed by atoms with E-state index in [2.05, 4.69) is 9.97 Å². The molecule has 0 amide bonds. The zero-order valence-corrected chi connectivity index (χ0v) is 18.1. The minimum absolute atomic E-state index is 0.113. The van der Waals surface area contributed by atoms with Gasteiger partial charge in [0, 0.05) is 18.7 Å². The number of carbonyl (C=O) groups is 1. The molecule has 9 nitrogen and oxygen atoms in total. The summed E-state index contributed by atoms with van der Waals surface area (Å²) in [4.78, 5) is 44.4. The second kappa shape index (κ2) is 8.73. The molecule has 0 aliphatic rings. The Morgan fingerprint density at radius 3 is 2.40 bits per heavy atom. The van der Waals surface area contributed by atoms with Crippen LogP contribution in [0.5, 0.6) is 0 Å². The fourth-order valence-electron chi connectivity index (χ4n) is 3.61. The van der Waals surface area contributed by atoms with Crippen molar-refractivity contribution in [3.63, 3.8) is 0 Å². The zero-order chi connectivity index (χ0) is 22.0. The zero-order valence-electron chi connectivity index (χ0n) is 18.1. The molecule has 162 valence electrons. The van der Waals surface area contributed by atoms with E-state index >= 15 is 0 Å². The third-order valence-corrected chi connectivity index (χ3v) is 5.24. The van der Waals surface area contributed by atoms with E-state index in [0.29, 0.717) is 47.2 Å². The number of aryl methyl sites for hydroxylation is 4. The Bertz CT molecular complexity index is 1190. The minimum Gasteiger partial charge on any atom is -0.465 e. The molecule has 0 aromatic carbocycles. The van der Waals surface area contributed by atoms with Crippen molar-refractivity contribution >= 4 is 17.1 Å². The summed E-state index contributed by atoms with van der Waals surface area (Å²) in [6.45, 7) is 10.2. The molecule has 0 saturated carbocycles. The first-order valence-electron chi connectivity index (χ1n) is 10.3. The van der Waals surface area contributed by atoms with Crippen LogP contribution in [0, 0.1) is 20.8 Å². The summed E-state index contributed by atoms with van der Waals surface area (Å²) in [6, 6.07) is 0. The Balaban J connectivity index is 2.01. The number of furan rings is 1. The number of hydrogen-bond acceptors (Lipinski definition) is 6. The van der Waals surface area contributed by atoms with Crippen molar-refractivity contribution < 1.29 is 13.9 Å². The number of aromatic nitrogens is 4. The molecular formula is C21H28N4O5. The van der Waals surface area contributed by atoms with E-state index in [1.165, 1.54) is 4.57 Å². The molecule has 0 fully saturated rings. The van der Waals surface area contributed by atoms with Gasteiger partial charge in [0.2, 0.25) is 0 Å². The van der Waals surface area contributed by atoms with Gasteiger partial charge < -0.3 is 13.7 Å². The lowest BCUT2D eigenvalue weighted by Crippen LogP contribution is -2.31. The molecule has 3 heterocycles. The molecule has 3 rings (SSSR count). The lowest BCUT2D eigenvalue weighted by Gasteiger charge is -2.08. The number of nitrogens with one attached hydrogen (secondary N) is 1. The van der Waals surface area contributed by atoms with Gasteiger partial charge >= 0.3 is 11.7 Å². The van der Waals surface area contributed by atoms with E-state index in [9.17, 15) is 14.4 Å². The van der Waals surface area contributed by atoms with Crippen LogP contribution in [0.1, 0.15) is 66.4 Å². The van der Waals surface area contributed by atoms with Gasteiger partial charge in [-0.1, -0.05) is 20.3 Å². The molecule has 0 aliphatic heterocycles. The van der Waals surface area contributed by atoms with Gasteiger partial charge in [0.05, 0.1) is 0 Å². The third-order valence-electron chi connectivity index (χ3n) is 5.24. The third kappa shape index (κ3) is 3.83. The average Bonchev–Trinajstić information content (AvgIpc) is 3.17. The van der Waals surface area contributed by atoms with Crippen LogP contribution >= 0.6 is 0 Å². The van der Waals surface area contributed by atoms with Crippen molar-refractivity contribution in [1.29, 1.82) is 0 Å². The van der Waals surface area contributed by atoms with Gasteiger partial charge in [-0.05, 0) is 33.6 Å². The molecule has 0 unspecified atom stereocenters. The standard InChI is InChI=1S/C21H28N4O5/c1-6-8-10-25-18-17(19(26)23-21(25)28)24(9-7-2)15(22-18)11-29-20(27)16-12(3)13(4)30-14(16)5/h6-11H2,1-5H3,(H,23,26,28). The van der Waals surface area contributed by atoms with Crippen molar-refractivity contribution in [1.82, 2.24) is 19.1 Å². The van der Waals surface area contributed by atoms with Crippen molar-refractivity contribution in [3.05, 3.63) is 49.3 Å². The fourth-order valence-corrected chi connectivity index (χ4v) is 3.61. The largest absolute Gasteiger partial charge is 0.465 e. The number of carbonyl (C=O) groups excluding carboxylic acids is 1. The molecular weight excluding hydrogens is 388 g/mol. The van der Waals surface area contributed by atoms with Crippen LogP contribution in [0.15, 0.2) is 14.0 Å². The molecule has 0 saturated heterocycles. The summed E-state index contributed by atoms with van der Waals surface area (Å²) in [7, 11) is 0. The Morgan fingerprint density at radius 2 is 1.80 bits per heavy atom. The van der Waals surface area contributed by atoms with Gasteiger partial charge in [0.25, 0.3) is 5.56 Å². The lowest BCUT2D eigenvalue weighted by molar-refractivity contribution is 0.0455. The summed E-state index contributed by atoms with van der Waals surface area (Å²) >= 11 is 0. The van der Waals surface area contributed by atoms with Gasteiger partial charge in [0.15, 0.2) is 11.2 Å². The van der Waals surface area contributed by atoms with E-state index in [4.69, 9.17) is 9.15 Å². The summed E-state index contributed by atoms with van der Waals surface area (Å²) in [5.74, 6) is 1.09. The Labute approximate surface area is 173 Å². The van der Waals surface area contributed by atoms with Crippen LogP contribution in [-0.4, -0.2) is 25.1 Å². The van der Waals surface area contributed by atoms with Crippen LogP contribution in [0.4, 0.5) is 0 Å². The SMILES string of the molecule is CCCCn1c(=O)[nH]c(=O)c2c1nc(COC(=O)c1c(C)oc(C)c1C)n2CCC. The van der Waals surface area contributed by atoms with Crippen molar-refractivity contribution in [2.75, 3.05) is 0 Å². The summed E-state index contributed by atoms with van der Waals surface area (Å²) in [5.41, 5.74) is 0.824. The van der Waals surface area contributed by atoms with E-state index in [-0.39, 0.29) is 6.61 Å². The molecule has 0 bridgehead atoms. The highest BCUT2D eigenvalue weighted by Crippen LogP contribution is 2.22. The minimum atomic E-state index is -0.505. The van der Waals surface area contributed by atoms with Crippen molar-refractivity contribution in [2.45, 2.75) is 73.6 Å². The molecule has 0 aliphatic carbocycles. The van der Waals surface area contributed by atoms with Crippen LogP contribution < -0.4 is 11.2 Å². The maximum atomic E-state index is 12.6. The number of ether oxygens (including phenoxy) is 1. The normalized spacial score (nSPS) is 11.4. The van der Waals surface area contributed by atoms with Crippen LogP contribution in [-0.2, 0) is 24.4 Å². The van der Waals surface area contributed by atoms with Crippen LogP contribution in [0.25, 0.3) is 11.2 Å². The maximum absolute atomic E-state index is 12.6. The fraction of sp³-hybridized carbons (Fsp3) is 0.524. The first kappa shape index (κ1) is 21.6. The number of nitrogens with zero attached hydrogens (tertiary/aromatic N) is 3. The average molecular weight is 416 g/mol. The van der Waals surface area contributed by atoms with Gasteiger partial charge in [-0.15, -0.1) is 0 Å². The van der Waals surface area contributed by atoms with Crippen molar-refractivity contribution in [3.8, 4) is 0 Å². The molecule has 30 heavy (non-hydrogen) atoms. The highest BCUT2D eigenvalue weighted by Gasteiger charge is 2.22. The Hall–Kier alpha value is -3.10. The number of hydrogen-bond donors (Lipinski definition) is 1. The van der Waals surface area contributed by atoms with Gasteiger partial charge in [-0.2, -0.15) is 0 Å². The summed E-state index contributed by atoms with van der Waals surface area (Å²) in [5, 5.41) is 0. The topological polar surface area (TPSA) is 112 Å². The van der Waals surface area contributed by atoms with Crippen LogP contribution in [0.2, 0.25) is 0 Å². The van der Waals surface area contributed by atoms with E-state index in [0.717, 1.165) is 24.8 Å². The molecule has 0 atom stereocenters. The number of imidazole rings is 1. The summed E-state index contributed by atoms with van der Waals surface area (Å²) < 4.78 is 14.2. The smallest absolute Gasteiger partial charge is 0.342 e. The first-order chi connectivity index (χ1) is 14.3. The number of unbranched alkanes of at least 4 members (excludes halogenated alkanes) is 1. The second-order valence-corrected chi connectivity index (χ2v) is 7.41. The quantitative estimate of drug-likeness (QED) is 0.565. The van der Waals surface area contributed by atoms with Crippen LogP contribution in [0.3, 0.4) is 0 Å². The predicted molar refractivity (Wildman–Crippen MR) is 112 cm³/mol. The van der Waals surface area contributed by atoms with Gasteiger partial charge in [-0.25, -0.2) is 14.6 Å². The maximum Gasteiger partial charge on any atom is 0.342 e. The number of H-pyrrole nitrogens is 1. The van der Waals surface area contributed by atoms with E-state index < -0.39 is 17.2 Å². The monoisotopic (exact) mass is 416 g/mol. The Kier molecular flexibility index (Phi) is 6.28. The second-order valence-electron chi connectivity index (χ2n) is 7.41. The number of esters is 1. The lowest BCUT2D eigenvalue weighted by atomic mass is 10.1. The van der Waals surface area contributed by atoms with Gasteiger partial charge in [0.1, 0.15) is 29.5 Å². The molecule has 1 N–H and O–H groups in total. The van der Waals surface area contributed by atoms with Crippen molar-refractivity contribution in [2.24, 2.45) is 0 Å². The number of fused-ring (bicyclic) bond motifs is 1. The molecule has 0 spiro atoms. The van der Waals surface area contributed by atoms with Gasteiger partial charge in [-0.3, -0.25) is 14.3 Å². The molecule has 3 aromatic heterocycles. The van der Waals surface area contributed by atoms with E-state index in [1.54, 1.807) is 25.3 Å². The highest BCUT2D eigenvalue weighted by molar-refractivity contribution is 5.92. The first-order valence-corrected chi connectivity index (χ1v) is 10.3. The molecule has 3 aromatic rings. The number of aromatic amines is 1. The predicted octanol–water partition coefficient (Wildman–Crippen LogP) is 2.97. The Morgan fingerprint density at radius 1 is 1.07 bits per heavy atom. The highest BCUT2D eigenvalue weighted by atomic mass is 16.5.